The van der Waals surface area contributed by atoms with E-state index >= 15 is 0 Å². The molecule has 0 fully saturated rings. The maximum atomic E-state index is 13.5. The summed E-state index contributed by atoms with van der Waals surface area (Å²) in [5.41, 5.74) is 2.42. The molecule has 0 aliphatic carbocycles. The van der Waals surface area contributed by atoms with E-state index in [0.717, 1.165) is 11.1 Å². The number of anilines is 2. The number of hydrogen-bond acceptors (Lipinski definition) is 4. The van der Waals surface area contributed by atoms with Crippen molar-refractivity contribution in [1.82, 2.24) is 9.78 Å². The minimum atomic E-state index is -0.535. The number of benzene rings is 1. The number of carbonyl (C=O) groups excluding carboxylic acids is 2. The molecule has 2 N–H and O–H groups in total. The van der Waals surface area contributed by atoms with Gasteiger partial charge in [0.05, 0.1) is 11.8 Å². The SMILES string of the molecule is C=C(C(=O)CCCc1c(C)cc(F)cc1NC)C(=O)Nc1ccnn1C. The number of hydrogen-bond donors (Lipinski definition) is 2. The fourth-order valence-electron chi connectivity index (χ4n) is 2.72. The van der Waals surface area contributed by atoms with Gasteiger partial charge in [-0.2, -0.15) is 5.10 Å². The number of aromatic nitrogens is 2. The number of amides is 1. The van der Waals surface area contributed by atoms with Gasteiger partial charge in [0.1, 0.15) is 11.6 Å². The molecule has 0 saturated carbocycles. The van der Waals surface area contributed by atoms with E-state index in [9.17, 15) is 14.0 Å². The maximum Gasteiger partial charge on any atom is 0.259 e. The second kappa shape index (κ2) is 8.42. The molecule has 0 unspecified atom stereocenters. The molecule has 7 heteroatoms. The van der Waals surface area contributed by atoms with Crippen LogP contribution in [-0.4, -0.2) is 28.5 Å². The molecule has 138 valence electrons. The van der Waals surface area contributed by atoms with Gasteiger partial charge in [0, 0.05) is 32.3 Å². The first kappa shape index (κ1) is 19.4. The third-order valence-corrected chi connectivity index (χ3v) is 4.21. The average Bonchev–Trinajstić information content (AvgIpc) is 3.00. The molecular weight excluding hydrogens is 335 g/mol. The second-order valence-corrected chi connectivity index (χ2v) is 6.05. The Balaban J connectivity index is 1.91. The van der Waals surface area contributed by atoms with E-state index in [1.54, 1.807) is 26.4 Å². The van der Waals surface area contributed by atoms with Gasteiger partial charge < -0.3 is 10.6 Å². The van der Waals surface area contributed by atoms with E-state index in [1.165, 1.54) is 16.8 Å². The van der Waals surface area contributed by atoms with Crippen LogP contribution >= 0.6 is 0 Å². The zero-order valence-electron chi connectivity index (χ0n) is 15.2. The van der Waals surface area contributed by atoms with Crippen LogP contribution < -0.4 is 10.6 Å². The van der Waals surface area contributed by atoms with Crippen LogP contribution in [-0.2, 0) is 23.1 Å². The summed E-state index contributed by atoms with van der Waals surface area (Å²) in [5.74, 6) is -0.653. The molecule has 0 aliphatic heterocycles. The Hall–Kier alpha value is -2.96. The first-order chi connectivity index (χ1) is 12.3. The van der Waals surface area contributed by atoms with Crippen molar-refractivity contribution in [3.05, 3.63) is 53.5 Å². The van der Waals surface area contributed by atoms with Crippen LogP contribution in [0.2, 0.25) is 0 Å². The third-order valence-electron chi connectivity index (χ3n) is 4.21. The molecule has 26 heavy (non-hydrogen) atoms. The zero-order valence-corrected chi connectivity index (χ0v) is 15.2. The summed E-state index contributed by atoms with van der Waals surface area (Å²) in [4.78, 5) is 24.3. The van der Waals surface area contributed by atoms with Gasteiger partial charge in [0.15, 0.2) is 5.78 Å². The van der Waals surface area contributed by atoms with Crippen molar-refractivity contribution < 1.29 is 14.0 Å². The monoisotopic (exact) mass is 358 g/mol. The minimum Gasteiger partial charge on any atom is -0.388 e. The van der Waals surface area contributed by atoms with Crippen LogP contribution in [0.15, 0.2) is 36.5 Å². The number of ketones is 1. The predicted octanol–water partition coefficient (Wildman–Crippen LogP) is 3.00. The summed E-state index contributed by atoms with van der Waals surface area (Å²) in [6.07, 6.45) is 2.88. The number of nitrogens with zero attached hydrogens (tertiary/aromatic N) is 2. The summed E-state index contributed by atoms with van der Waals surface area (Å²) in [7, 11) is 3.41. The first-order valence-corrected chi connectivity index (χ1v) is 8.31. The summed E-state index contributed by atoms with van der Waals surface area (Å²) in [5, 5.41) is 9.52. The lowest BCUT2D eigenvalue weighted by Crippen LogP contribution is -2.21. The van der Waals surface area contributed by atoms with Crippen LogP contribution in [0.25, 0.3) is 0 Å². The molecule has 6 nitrogen and oxygen atoms in total. The van der Waals surface area contributed by atoms with Crippen LogP contribution in [0.4, 0.5) is 15.9 Å². The smallest absolute Gasteiger partial charge is 0.259 e. The highest BCUT2D eigenvalue weighted by Crippen LogP contribution is 2.23. The second-order valence-electron chi connectivity index (χ2n) is 6.05. The molecule has 1 amide bonds. The molecule has 0 saturated heterocycles. The Morgan fingerprint density at radius 1 is 1.35 bits per heavy atom. The molecule has 0 radical (unpaired) electrons. The summed E-state index contributed by atoms with van der Waals surface area (Å²) < 4.78 is 15.0. The Labute approximate surface area is 152 Å². The average molecular weight is 358 g/mol. The lowest BCUT2D eigenvalue weighted by atomic mass is 9.98. The largest absolute Gasteiger partial charge is 0.388 e. The summed E-state index contributed by atoms with van der Waals surface area (Å²) >= 11 is 0. The van der Waals surface area contributed by atoms with Crippen molar-refractivity contribution in [2.75, 3.05) is 17.7 Å². The van der Waals surface area contributed by atoms with Crippen molar-refractivity contribution in [3.63, 3.8) is 0 Å². The van der Waals surface area contributed by atoms with E-state index in [-0.39, 0.29) is 23.6 Å². The molecule has 1 heterocycles. The zero-order chi connectivity index (χ0) is 19.3. The van der Waals surface area contributed by atoms with Gasteiger partial charge in [-0.25, -0.2) is 4.39 Å². The Bertz CT molecular complexity index is 842. The summed E-state index contributed by atoms with van der Waals surface area (Å²) in [6, 6.07) is 4.54. The molecule has 0 aliphatic rings. The van der Waals surface area contributed by atoms with Gasteiger partial charge in [-0.3, -0.25) is 14.3 Å². The van der Waals surface area contributed by atoms with Gasteiger partial charge in [-0.15, -0.1) is 0 Å². The highest BCUT2D eigenvalue weighted by atomic mass is 19.1. The van der Waals surface area contributed by atoms with E-state index in [1.807, 2.05) is 6.92 Å². The van der Waals surface area contributed by atoms with E-state index in [2.05, 4.69) is 22.3 Å². The molecule has 2 rings (SSSR count). The van der Waals surface area contributed by atoms with Crippen molar-refractivity contribution >= 4 is 23.2 Å². The highest BCUT2D eigenvalue weighted by Gasteiger charge is 2.17. The highest BCUT2D eigenvalue weighted by molar-refractivity contribution is 6.22. The fraction of sp³-hybridized carbons (Fsp3) is 0.316. The van der Waals surface area contributed by atoms with E-state index < -0.39 is 5.91 Å². The van der Waals surface area contributed by atoms with Crippen LogP contribution in [0.5, 0.6) is 0 Å². The Morgan fingerprint density at radius 2 is 2.08 bits per heavy atom. The van der Waals surface area contributed by atoms with E-state index in [0.29, 0.717) is 24.3 Å². The topological polar surface area (TPSA) is 76.0 Å². The standard InChI is InChI=1S/C19H23FN4O2/c1-12-10-14(20)11-16(21-3)15(12)6-5-7-17(25)13(2)19(26)23-18-8-9-22-24(18)4/h8-11,21H,2,5-7H2,1,3-4H3,(H,23,26). The van der Waals surface area contributed by atoms with Crippen molar-refractivity contribution in [3.8, 4) is 0 Å². The molecule has 1 aromatic carbocycles. The number of Topliss-reactive ketones (excluding diaryl/α,β-unsaturated/α-hetero) is 1. The molecular formula is C19H23FN4O2. The van der Waals surface area contributed by atoms with Gasteiger partial charge in [-0.05, 0) is 43.0 Å². The van der Waals surface area contributed by atoms with E-state index in [4.69, 9.17) is 0 Å². The first-order valence-electron chi connectivity index (χ1n) is 8.31. The molecule has 0 atom stereocenters. The maximum absolute atomic E-state index is 13.5. The molecule has 0 bridgehead atoms. The fourth-order valence-corrected chi connectivity index (χ4v) is 2.72. The molecule has 1 aromatic heterocycles. The number of halogens is 1. The van der Waals surface area contributed by atoms with Crippen molar-refractivity contribution in [1.29, 1.82) is 0 Å². The number of nitrogens with one attached hydrogen (secondary N) is 2. The van der Waals surface area contributed by atoms with Crippen LogP contribution in [0.1, 0.15) is 24.0 Å². The van der Waals surface area contributed by atoms with Gasteiger partial charge >= 0.3 is 0 Å². The van der Waals surface area contributed by atoms with Crippen molar-refractivity contribution in [2.24, 2.45) is 7.05 Å². The number of aryl methyl sites for hydroxylation is 2. The third kappa shape index (κ3) is 4.56. The van der Waals surface area contributed by atoms with Gasteiger partial charge in [0.25, 0.3) is 5.91 Å². The van der Waals surface area contributed by atoms with Gasteiger partial charge in [0.2, 0.25) is 0 Å². The van der Waals surface area contributed by atoms with Crippen LogP contribution in [0, 0.1) is 12.7 Å². The Morgan fingerprint density at radius 3 is 2.69 bits per heavy atom. The quantitative estimate of drug-likeness (QED) is 0.432. The summed E-state index contributed by atoms with van der Waals surface area (Å²) in [6.45, 7) is 5.43. The molecule has 2 aromatic rings. The predicted molar refractivity (Wildman–Crippen MR) is 99.6 cm³/mol. The Kier molecular flexibility index (Phi) is 6.27. The number of carbonyl (C=O) groups is 2. The lowest BCUT2D eigenvalue weighted by molar-refractivity contribution is -0.120. The minimum absolute atomic E-state index is 0.0872. The van der Waals surface area contributed by atoms with Gasteiger partial charge in [-0.1, -0.05) is 6.58 Å². The molecule has 0 spiro atoms. The van der Waals surface area contributed by atoms with Crippen molar-refractivity contribution in [2.45, 2.75) is 26.2 Å². The van der Waals surface area contributed by atoms with Crippen LogP contribution in [0.3, 0.4) is 0 Å². The number of rotatable bonds is 8. The lowest BCUT2D eigenvalue weighted by Gasteiger charge is -2.13. The normalized spacial score (nSPS) is 10.5.